The van der Waals surface area contributed by atoms with Gasteiger partial charge in [-0.15, -0.1) is 0 Å². The summed E-state index contributed by atoms with van der Waals surface area (Å²) in [4.78, 5) is 22.5. The van der Waals surface area contributed by atoms with Crippen molar-refractivity contribution in [3.63, 3.8) is 0 Å². The van der Waals surface area contributed by atoms with E-state index in [1.54, 1.807) is 0 Å². The van der Waals surface area contributed by atoms with Crippen molar-refractivity contribution in [2.24, 2.45) is 0 Å². The lowest BCUT2D eigenvalue weighted by atomic mass is 10.2. The first-order valence-electron chi connectivity index (χ1n) is 5.80. The quantitative estimate of drug-likeness (QED) is 0.194. The van der Waals surface area contributed by atoms with Crippen LogP contribution in [0.15, 0.2) is 12.4 Å². The molecule has 0 saturated carbocycles. The summed E-state index contributed by atoms with van der Waals surface area (Å²) in [6, 6.07) is 0. The van der Waals surface area contributed by atoms with Crippen LogP contribution in [0.1, 0.15) is 6.92 Å². The van der Waals surface area contributed by atoms with Gasteiger partial charge in [0.05, 0.1) is 6.61 Å². The topological polar surface area (TPSA) is 119 Å². The SMILES string of the molecule is C=C(F)C(=O)OC(OCC(F)(F)S(=O)(=O)[O-])(C(=O)OCC)C(F)(F)F. The summed E-state index contributed by atoms with van der Waals surface area (Å²) in [6.07, 6.45) is -6.13. The van der Waals surface area contributed by atoms with E-state index in [1.807, 2.05) is 0 Å². The zero-order valence-electron chi connectivity index (χ0n) is 12.1. The standard InChI is InChI=1S/C10H10F6O8S/c1-3-22-7(18)9(10(14,15)16,24-6(17)5(2)11)23-4-8(12,13)25(19,20)21/h2-4H2,1H3,(H,19,20,21)/p-1. The van der Waals surface area contributed by atoms with Crippen molar-refractivity contribution >= 4 is 22.1 Å². The molecule has 0 fully saturated rings. The summed E-state index contributed by atoms with van der Waals surface area (Å²) in [5, 5.41) is -5.45. The molecule has 0 aliphatic carbocycles. The van der Waals surface area contributed by atoms with Gasteiger partial charge in [0.25, 0.3) is 0 Å². The number of carbonyl (C=O) groups is 2. The molecular weight excluding hydrogens is 394 g/mol. The van der Waals surface area contributed by atoms with Crippen LogP contribution in [0.3, 0.4) is 0 Å². The summed E-state index contributed by atoms with van der Waals surface area (Å²) >= 11 is 0. The Morgan fingerprint density at radius 1 is 1.16 bits per heavy atom. The van der Waals surface area contributed by atoms with Gasteiger partial charge in [0, 0.05) is 0 Å². The molecule has 0 bridgehead atoms. The summed E-state index contributed by atoms with van der Waals surface area (Å²) < 4.78 is 120. The highest BCUT2D eigenvalue weighted by molar-refractivity contribution is 7.86. The minimum absolute atomic E-state index is 0.801. The number of rotatable bonds is 8. The third-order valence-electron chi connectivity index (χ3n) is 2.18. The molecule has 0 aromatic rings. The molecule has 1 atom stereocenters. The molecule has 0 saturated heterocycles. The van der Waals surface area contributed by atoms with E-state index in [2.05, 4.69) is 20.8 Å². The van der Waals surface area contributed by atoms with Crippen LogP contribution in [0.2, 0.25) is 0 Å². The molecule has 0 N–H and O–H groups in total. The molecule has 146 valence electrons. The Balaban J connectivity index is 6.06. The first kappa shape index (κ1) is 23.1. The monoisotopic (exact) mass is 403 g/mol. The van der Waals surface area contributed by atoms with Gasteiger partial charge in [-0.3, -0.25) is 0 Å². The van der Waals surface area contributed by atoms with Gasteiger partial charge in [-0.1, -0.05) is 6.58 Å². The number of hydrogen-bond donors (Lipinski definition) is 0. The Labute approximate surface area is 136 Å². The van der Waals surface area contributed by atoms with E-state index in [1.165, 1.54) is 0 Å². The van der Waals surface area contributed by atoms with Crippen molar-refractivity contribution in [2.45, 2.75) is 24.1 Å². The average Bonchev–Trinajstić information content (AvgIpc) is 2.40. The van der Waals surface area contributed by atoms with Crippen LogP contribution in [0.25, 0.3) is 0 Å². The largest absolute Gasteiger partial charge is 0.743 e. The second-order valence-corrected chi connectivity index (χ2v) is 5.51. The fourth-order valence-electron chi connectivity index (χ4n) is 1.06. The minimum Gasteiger partial charge on any atom is -0.743 e. The second-order valence-electron chi connectivity index (χ2n) is 4.01. The molecule has 25 heavy (non-hydrogen) atoms. The van der Waals surface area contributed by atoms with E-state index in [-0.39, 0.29) is 0 Å². The highest BCUT2D eigenvalue weighted by atomic mass is 32.2. The first-order valence-corrected chi connectivity index (χ1v) is 7.21. The van der Waals surface area contributed by atoms with E-state index in [0.29, 0.717) is 0 Å². The first-order chi connectivity index (χ1) is 11.0. The molecule has 0 heterocycles. The molecule has 0 amide bonds. The van der Waals surface area contributed by atoms with E-state index in [4.69, 9.17) is 0 Å². The molecule has 8 nitrogen and oxygen atoms in total. The third-order valence-corrected chi connectivity index (χ3v) is 3.03. The zero-order valence-corrected chi connectivity index (χ0v) is 12.9. The number of hydrogen-bond acceptors (Lipinski definition) is 8. The summed E-state index contributed by atoms with van der Waals surface area (Å²) in [7, 11) is -6.51. The predicted molar refractivity (Wildman–Crippen MR) is 62.4 cm³/mol. The van der Waals surface area contributed by atoms with Gasteiger partial charge in [-0.2, -0.15) is 26.3 Å². The van der Waals surface area contributed by atoms with Crippen molar-refractivity contribution in [3.8, 4) is 0 Å². The van der Waals surface area contributed by atoms with Gasteiger partial charge in [-0.25, -0.2) is 18.0 Å². The Kier molecular flexibility index (Phi) is 7.00. The molecule has 1 unspecified atom stereocenters. The molecule has 0 aromatic carbocycles. The lowest BCUT2D eigenvalue weighted by molar-refractivity contribution is -0.360. The molecule has 15 heteroatoms. The average molecular weight is 403 g/mol. The van der Waals surface area contributed by atoms with Crippen molar-refractivity contribution in [1.82, 2.24) is 0 Å². The second kappa shape index (κ2) is 7.57. The van der Waals surface area contributed by atoms with Crippen LogP contribution >= 0.6 is 0 Å². The molecule has 0 aliphatic heterocycles. The Bertz CT molecular complexity index is 642. The number of ether oxygens (including phenoxy) is 3. The van der Waals surface area contributed by atoms with Gasteiger partial charge in [-0.05, 0) is 6.92 Å². The fraction of sp³-hybridized carbons (Fsp3) is 0.600. The van der Waals surface area contributed by atoms with Gasteiger partial charge in [0.1, 0.15) is 6.61 Å². The Morgan fingerprint density at radius 2 is 1.64 bits per heavy atom. The lowest BCUT2D eigenvalue weighted by Crippen LogP contribution is -2.59. The van der Waals surface area contributed by atoms with Crippen LogP contribution in [0, 0.1) is 0 Å². The van der Waals surface area contributed by atoms with E-state index in [9.17, 15) is 48.9 Å². The van der Waals surface area contributed by atoms with Crippen LogP contribution < -0.4 is 0 Å². The summed E-state index contributed by atoms with van der Waals surface area (Å²) in [6.45, 7) is -0.431. The van der Waals surface area contributed by atoms with E-state index in [0.717, 1.165) is 6.92 Å². The maximum Gasteiger partial charge on any atom is 0.468 e. The maximum atomic E-state index is 13.1. The van der Waals surface area contributed by atoms with Gasteiger partial charge < -0.3 is 18.8 Å². The van der Waals surface area contributed by atoms with Crippen LogP contribution in [0.4, 0.5) is 26.3 Å². The smallest absolute Gasteiger partial charge is 0.468 e. The van der Waals surface area contributed by atoms with E-state index < -0.39 is 58.3 Å². The number of carbonyl (C=O) groups excluding carboxylic acids is 2. The normalized spacial score (nSPS) is 15.2. The Hall–Kier alpha value is -1.87. The minimum atomic E-state index is -6.51. The number of esters is 2. The predicted octanol–water partition coefficient (Wildman–Crippen LogP) is 0.989. The Morgan fingerprint density at radius 3 is 1.96 bits per heavy atom. The maximum absolute atomic E-state index is 13.1. The molecule has 0 aliphatic rings. The molecule has 0 rings (SSSR count). The fourth-order valence-corrected chi connectivity index (χ4v) is 1.26. The van der Waals surface area contributed by atoms with Gasteiger partial charge in [0.15, 0.2) is 10.1 Å². The van der Waals surface area contributed by atoms with Crippen LogP contribution in [-0.4, -0.2) is 55.3 Å². The third kappa shape index (κ3) is 5.30. The molecule has 0 aromatic heterocycles. The van der Waals surface area contributed by atoms with Crippen molar-refractivity contribution < 1.29 is 63.1 Å². The summed E-state index contributed by atoms with van der Waals surface area (Å²) in [5.41, 5.74) is 0. The van der Waals surface area contributed by atoms with Crippen LogP contribution in [-0.2, 0) is 33.9 Å². The van der Waals surface area contributed by atoms with Gasteiger partial charge in [0.2, 0.25) is 5.83 Å². The summed E-state index contributed by atoms with van der Waals surface area (Å²) in [5.74, 6) is -12.3. The van der Waals surface area contributed by atoms with Gasteiger partial charge >= 0.3 is 29.2 Å². The highest BCUT2D eigenvalue weighted by Gasteiger charge is 2.69. The van der Waals surface area contributed by atoms with Crippen molar-refractivity contribution in [3.05, 3.63) is 12.4 Å². The van der Waals surface area contributed by atoms with E-state index >= 15 is 0 Å². The number of alkyl halides is 5. The lowest BCUT2D eigenvalue weighted by Gasteiger charge is -2.33. The molecule has 0 radical (unpaired) electrons. The van der Waals surface area contributed by atoms with Crippen LogP contribution in [0.5, 0.6) is 0 Å². The molecular formula is C10H9F6O8S-. The van der Waals surface area contributed by atoms with Crippen molar-refractivity contribution in [1.29, 1.82) is 0 Å². The van der Waals surface area contributed by atoms with Crippen molar-refractivity contribution in [2.75, 3.05) is 13.2 Å². The zero-order chi connectivity index (χ0) is 20.3. The number of halogens is 6. The highest BCUT2D eigenvalue weighted by Crippen LogP contribution is 2.38. The molecule has 0 spiro atoms.